The van der Waals surface area contributed by atoms with Gasteiger partial charge in [-0.15, -0.1) is 11.8 Å². The molecular formula is C13H21N3OS. The molecular weight excluding hydrogens is 246 g/mol. The van der Waals surface area contributed by atoms with Gasteiger partial charge in [-0.25, -0.2) is 0 Å². The van der Waals surface area contributed by atoms with E-state index in [0.29, 0.717) is 17.9 Å². The van der Waals surface area contributed by atoms with Gasteiger partial charge >= 0.3 is 0 Å². The Balaban J connectivity index is 2.88. The fourth-order valence-electron chi connectivity index (χ4n) is 1.51. The van der Waals surface area contributed by atoms with Crippen LogP contribution in [0.4, 0.5) is 0 Å². The Hall–Kier alpha value is -1.20. The minimum absolute atomic E-state index is 0.0615. The van der Waals surface area contributed by atoms with Crippen LogP contribution in [0.1, 0.15) is 12.5 Å². The summed E-state index contributed by atoms with van der Waals surface area (Å²) in [5.74, 6) is 1.70. The maximum Gasteiger partial charge on any atom is 0.131 e. The second-order valence-corrected chi connectivity index (χ2v) is 5.43. The van der Waals surface area contributed by atoms with Crippen molar-refractivity contribution in [2.75, 3.05) is 33.0 Å². The normalized spacial score (nSPS) is 10.7. The van der Waals surface area contributed by atoms with E-state index in [1.165, 1.54) is 0 Å². The van der Waals surface area contributed by atoms with Crippen molar-refractivity contribution in [3.05, 3.63) is 23.8 Å². The van der Waals surface area contributed by atoms with Gasteiger partial charge < -0.3 is 15.4 Å². The Bertz CT molecular complexity index is 407. The van der Waals surface area contributed by atoms with Crippen LogP contribution in [0.3, 0.4) is 0 Å². The Morgan fingerprint density at radius 2 is 2.17 bits per heavy atom. The zero-order valence-electron chi connectivity index (χ0n) is 11.2. The van der Waals surface area contributed by atoms with Gasteiger partial charge in [0.25, 0.3) is 0 Å². The lowest BCUT2D eigenvalue weighted by Gasteiger charge is -2.15. The monoisotopic (exact) mass is 267 g/mol. The largest absolute Gasteiger partial charge is 0.491 e. The Morgan fingerprint density at radius 1 is 1.44 bits per heavy atom. The molecule has 0 saturated carbocycles. The molecule has 100 valence electrons. The van der Waals surface area contributed by atoms with E-state index in [2.05, 4.69) is 11.8 Å². The van der Waals surface area contributed by atoms with Crippen molar-refractivity contribution in [1.29, 1.82) is 5.41 Å². The first-order valence-corrected chi connectivity index (χ1v) is 6.92. The number of nitrogens with zero attached hydrogens (tertiary/aromatic N) is 1. The molecule has 0 spiro atoms. The highest BCUT2D eigenvalue weighted by molar-refractivity contribution is 7.99. The van der Waals surface area contributed by atoms with Crippen LogP contribution in [0.25, 0.3) is 0 Å². The van der Waals surface area contributed by atoms with Crippen molar-refractivity contribution in [3.8, 4) is 5.75 Å². The Labute approximate surface area is 113 Å². The molecule has 0 unspecified atom stereocenters. The minimum Gasteiger partial charge on any atom is -0.491 e. The topological polar surface area (TPSA) is 62.3 Å². The molecule has 1 aromatic rings. The van der Waals surface area contributed by atoms with Gasteiger partial charge in [-0.3, -0.25) is 5.41 Å². The summed E-state index contributed by atoms with van der Waals surface area (Å²) in [6.45, 7) is 3.50. The maximum absolute atomic E-state index is 7.69. The summed E-state index contributed by atoms with van der Waals surface area (Å²) in [5, 5.41) is 7.69. The van der Waals surface area contributed by atoms with Crippen molar-refractivity contribution in [3.63, 3.8) is 0 Å². The van der Waals surface area contributed by atoms with Crippen LogP contribution in [0.5, 0.6) is 5.75 Å². The lowest BCUT2D eigenvalue weighted by molar-refractivity contribution is 0.260. The zero-order chi connectivity index (χ0) is 13.5. The summed E-state index contributed by atoms with van der Waals surface area (Å²) in [6.07, 6.45) is 0. The average Bonchev–Trinajstić information content (AvgIpc) is 2.28. The smallest absolute Gasteiger partial charge is 0.131 e. The number of nitrogens with one attached hydrogen (secondary N) is 1. The predicted octanol–water partition coefficient (Wildman–Crippen LogP) is 2.02. The molecule has 0 radical (unpaired) electrons. The molecule has 5 heteroatoms. The molecule has 0 saturated heterocycles. The van der Waals surface area contributed by atoms with Gasteiger partial charge in [-0.1, -0.05) is 13.0 Å². The minimum atomic E-state index is 0.0615. The highest BCUT2D eigenvalue weighted by Gasteiger charge is 2.12. The van der Waals surface area contributed by atoms with Crippen molar-refractivity contribution < 1.29 is 4.74 Å². The number of hydrogen-bond acceptors (Lipinski definition) is 4. The lowest BCUT2D eigenvalue weighted by atomic mass is 10.2. The van der Waals surface area contributed by atoms with Gasteiger partial charge in [0, 0.05) is 11.4 Å². The standard InChI is InChI=1S/C13H21N3OS/c1-4-18-11-7-5-6-10(12(11)13(14)15)17-9-8-16(2)3/h5-7H,4,8-9H2,1-3H3,(H3,14,15). The third kappa shape index (κ3) is 4.23. The molecule has 1 rings (SSSR count). The number of nitrogen functional groups attached to an aromatic ring is 1. The Morgan fingerprint density at radius 3 is 2.72 bits per heavy atom. The van der Waals surface area contributed by atoms with Gasteiger partial charge in [0.1, 0.15) is 18.2 Å². The SMILES string of the molecule is CCSc1cccc(OCCN(C)C)c1C(=N)N. The third-order valence-electron chi connectivity index (χ3n) is 2.35. The van der Waals surface area contributed by atoms with Gasteiger partial charge in [0.15, 0.2) is 0 Å². The van der Waals surface area contributed by atoms with Gasteiger partial charge in [-0.2, -0.15) is 0 Å². The number of amidine groups is 1. The van der Waals surface area contributed by atoms with Crippen LogP contribution in [0, 0.1) is 5.41 Å². The summed E-state index contributed by atoms with van der Waals surface area (Å²) < 4.78 is 5.72. The highest BCUT2D eigenvalue weighted by Crippen LogP contribution is 2.29. The number of rotatable bonds is 7. The first-order chi connectivity index (χ1) is 8.56. The summed E-state index contributed by atoms with van der Waals surface area (Å²) in [7, 11) is 4.00. The highest BCUT2D eigenvalue weighted by atomic mass is 32.2. The molecule has 0 aliphatic carbocycles. The average molecular weight is 267 g/mol. The van der Waals surface area contributed by atoms with Gasteiger partial charge in [0.05, 0.1) is 5.56 Å². The molecule has 0 heterocycles. The molecule has 0 atom stereocenters. The van der Waals surface area contributed by atoms with Crippen LogP contribution in [0.15, 0.2) is 23.1 Å². The van der Waals surface area contributed by atoms with E-state index in [9.17, 15) is 0 Å². The first kappa shape index (κ1) is 14.9. The summed E-state index contributed by atoms with van der Waals surface area (Å²) in [6, 6.07) is 5.78. The second-order valence-electron chi connectivity index (χ2n) is 4.13. The summed E-state index contributed by atoms with van der Waals surface area (Å²) >= 11 is 1.67. The number of hydrogen-bond donors (Lipinski definition) is 2. The molecule has 0 fully saturated rings. The third-order valence-corrected chi connectivity index (χ3v) is 3.29. The number of ether oxygens (including phenoxy) is 1. The van der Waals surface area contributed by atoms with Crippen molar-refractivity contribution in [2.45, 2.75) is 11.8 Å². The summed E-state index contributed by atoms with van der Waals surface area (Å²) in [4.78, 5) is 3.06. The van der Waals surface area contributed by atoms with E-state index in [-0.39, 0.29) is 5.84 Å². The molecule has 18 heavy (non-hydrogen) atoms. The molecule has 0 aliphatic heterocycles. The van der Waals surface area contributed by atoms with Crippen molar-refractivity contribution in [2.24, 2.45) is 5.73 Å². The van der Waals surface area contributed by atoms with Crippen LogP contribution in [0.2, 0.25) is 0 Å². The van der Waals surface area contributed by atoms with E-state index >= 15 is 0 Å². The van der Waals surface area contributed by atoms with Gasteiger partial charge in [0.2, 0.25) is 0 Å². The predicted molar refractivity (Wildman–Crippen MR) is 77.9 cm³/mol. The van der Waals surface area contributed by atoms with E-state index in [1.54, 1.807) is 11.8 Å². The van der Waals surface area contributed by atoms with Crippen LogP contribution in [-0.4, -0.2) is 43.7 Å². The van der Waals surface area contributed by atoms with Crippen molar-refractivity contribution in [1.82, 2.24) is 4.90 Å². The van der Waals surface area contributed by atoms with E-state index < -0.39 is 0 Å². The first-order valence-electron chi connectivity index (χ1n) is 5.94. The molecule has 0 bridgehead atoms. The molecule has 0 aliphatic rings. The molecule has 3 N–H and O–H groups in total. The van der Waals surface area contributed by atoms with Gasteiger partial charge in [-0.05, 0) is 32.0 Å². The fraction of sp³-hybridized carbons (Fsp3) is 0.462. The van der Waals surface area contributed by atoms with Crippen LogP contribution in [-0.2, 0) is 0 Å². The molecule has 0 amide bonds. The van der Waals surface area contributed by atoms with E-state index in [4.69, 9.17) is 15.9 Å². The van der Waals surface area contributed by atoms with E-state index in [0.717, 1.165) is 17.2 Å². The number of benzene rings is 1. The van der Waals surface area contributed by atoms with E-state index in [1.807, 2.05) is 32.3 Å². The zero-order valence-corrected chi connectivity index (χ0v) is 12.0. The molecule has 4 nitrogen and oxygen atoms in total. The summed E-state index contributed by atoms with van der Waals surface area (Å²) in [5.41, 5.74) is 6.37. The second kappa shape index (κ2) is 7.28. The Kier molecular flexibility index (Phi) is 6.01. The van der Waals surface area contributed by atoms with Crippen LogP contribution >= 0.6 is 11.8 Å². The lowest BCUT2D eigenvalue weighted by Crippen LogP contribution is -2.21. The van der Waals surface area contributed by atoms with Crippen molar-refractivity contribution >= 4 is 17.6 Å². The number of thioether (sulfide) groups is 1. The fourth-order valence-corrected chi connectivity index (χ4v) is 2.35. The molecule has 1 aromatic carbocycles. The maximum atomic E-state index is 7.69. The van der Waals surface area contributed by atoms with Crippen LogP contribution < -0.4 is 10.5 Å². The molecule has 0 aromatic heterocycles. The number of nitrogens with two attached hydrogens (primary N) is 1. The quantitative estimate of drug-likeness (QED) is 0.451. The number of likely N-dealkylation sites (N-methyl/N-ethyl adjacent to an activating group) is 1.